The zero-order chi connectivity index (χ0) is 14.9. The summed E-state index contributed by atoms with van der Waals surface area (Å²) in [6.07, 6.45) is 1.20. The van der Waals surface area contributed by atoms with E-state index in [1.54, 1.807) is 13.8 Å². The lowest BCUT2D eigenvalue weighted by Crippen LogP contribution is -2.22. The molecule has 1 aromatic carbocycles. The third-order valence-electron chi connectivity index (χ3n) is 3.79. The summed E-state index contributed by atoms with van der Waals surface area (Å²) < 4.78 is 0. The highest BCUT2D eigenvalue weighted by molar-refractivity contribution is 5.99. The monoisotopic (exact) mass is 274 g/mol. The van der Waals surface area contributed by atoms with E-state index in [-0.39, 0.29) is 23.0 Å². The molecule has 0 saturated heterocycles. The minimum absolute atomic E-state index is 0.0234. The van der Waals surface area contributed by atoms with Crippen molar-refractivity contribution in [3.05, 3.63) is 46.5 Å². The average molecular weight is 274 g/mol. The van der Waals surface area contributed by atoms with Crippen LogP contribution < -0.4 is 0 Å². The first kappa shape index (κ1) is 14.3. The van der Waals surface area contributed by atoms with E-state index in [1.165, 1.54) is 0 Å². The summed E-state index contributed by atoms with van der Waals surface area (Å²) in [5.74, 6) is -2.82. The van der Waals surface area contributed by atoms with Crippen molar-refractivity contribution in [2.24, 2.45) is 11.8 Å². The van der Waals surface area contributed by atoms with Crippen molar-refractivity contribution in [2.75, 3.05) is 0 Å². The van der Waals surface area contributed by atoms with Crippen molar-refractivity contribution in [1.82, 2.24) is 0 Å². The Labute approximate surface area is 117 Å². The van der Waals surface area contributed by atoms with Crippen LogP contribution in [0.15, 0.2) is 35.4 Å². The third-order valence-corrected chi connectivity index (χ3v) is 3.79. The smallest absolute Gasteiger partial charge is 0.332 e. The van der Waals surface area contributed by atoms with E-state index in [9.17, 15) is 19.8 Å². The van der Waals surface area contributed by atoms with Crippen LogP contribution >= 0.6 is 0 Å². The summed E-state index contributed by atoms with van der Waals surface area (Å²) >= 11 is 0. The molecule has 4 nitrogen and oxygen atoms in total. The molecule has 106 valence electrons. The lowest BCUT2D eigenvalue weighted by molar-refractivity contribution is -0.136. The fourth-order valence-corrected chi connectivity index (χ4v) is 2.95. The number of carboxylic acids is 2. The van der Waals surface area contributed by atoms with Crippen LogP contribution in [-0.2, 0) is 22.4 Å². The van der Waals surface area contributed by atoms with Gasteiger partial charge in [0.05, 0.1) is 11.1 Å². The van der Waals surface area contributed by atoms with Crippen LogP contribution in [-0.4, -0.2) is 22.2 Å². The fourth-order valence-electron chi connectivity index (χ4n) is 2.95. The Bertz CT molecular complexity index is 559. The molecular weight excluding hydrogens is 256 g/mol. The molecular formula is C16H18O4. The van der Waals surface area contributed by atoms with Gasteiger partial charge < -0.3 is 10.2 Å². The Morgan fingerprint density at radius 1 is 1.05 bits per heavy atom. The number of aliphatic carboxylic acids is 2. The van der Waals surface area contributed by atoms with Gasteiger partial charge in [-0.05, 0) is 35.8 Å². The molecule has 20 heavy (non-hydrogen) atoms. The Hall–Kier alpha value is -2.10. The zero-order valence-corrected chi connectivity index (χ0v) is 11.6. The first-order valence-electron chi connectivity index (χ1n) is 6.69. The van der Waals surface area contributed by atoms with E-state index in [4.69, 9.17) is 0 Å². The SMILES string of the molecule is CC(C)/C(C(=O)O)=C(/C(=O)O)C1Cc2ccccc2C1. The van der Waals surface area contributed by atoms with E-state index in [1.807, 2.05) is 24.3 Å². The molecule has 1 aliphatic rings. The number of carboxylic acid groups (broad SMARTS) is 2. The molecule has 0 saturated carbocycles. The summed E-state index contributed by atoms with van der Waals surface area (Å²) in [6.45, 7) is 3.43. The highest BCUT2D eigenvalue weighted by Gasteiger charge is 2.33. The molecule has 0 fully saturated rings. The van der Waals surface area contributed by atoms with Gasteiger partial charge >= 0.3 is 11.9 Å². The Balaban J connectivity index is 2.45. The minimum Gasteiger partial charge on any atom is -0.478 e. The van der Waals surface area contributed by atoms with Crippen LogP contribution in [0, 0.1) is 11.8 Å². The topological polar surface area (TPSA) is 74.6 Å². The quantitative estimate of drug-likeness (QED) is 0.827. The van der Waals surface area contributed by atoms with Gasteiger partial charge in [-0.3, -0.25) is 0 Å². The van der Waals surface area contributed by atoms with Gasteiger partial charge in [0.2, 0.25) is 0 Å². The van der Waals surface area contributed by atoms with E-state index < -0.39 is 11.9 Å². The Morgan fingerprint density at radius 3 is 1.90 bits per heavy atom. The molecule has 1 aliphatic carbocycles. The highest BCUT2D eigenvalue weighted by atomic mass is 16.4. The zero-order valence-electron chi connectivity index (χ0n) is 11.6. The largest absolute Gasteiger partial charge is 0.478 e. The normalized spacial score (nSPS) is 15.9. The van der Waals surface area contributed by atoms with Crippen LogP contribution in [0.3, 0.4) is 0 Å². The number of fused-ring (bicyclic) bond motifs is 1. The van der Waals surface area contributed by atoms with Gasteiger partial charge in [-0.15, -0.1) is 0 Å². The van der Waals surface area contributed by atoms with Gasteiger partial charge in [0.15, 0.2) is 0 Å². The van der Waals surface area contributed by atoms with E-state index in [2.05, 4.69) is 0 Å². The van der Waals surface area contributed by atoms with Gasteiger partial charge in [-0.25, -0.2) is 9.59 Å². The third kappa shape index (κ3) is 2.59. The van der Waals surface area contributed by atoms with Crippen LogP contribution in [0.25, 0.3) is 0 Å². The first-order valence-corrected chi connectivity index (χ1v) is 6.69. The second kappa shape index (κ2) is 5.49. The molecule has 0 aliphatic heterocycles. The van der Waals surface area contributed by atoms with Crippen molar-refractivity contribution in [3.63, 3.8) is 0 Å². The molecule has 0 atom stereocenters. The molecule has 0 bridgehead atoms. The summed E-state index contributed by atoms with van der Waals surface area (Å²) in [6, 6.07) is 7.80. The van der Waals surface area contributed by atoms with E-state index >= 15 is 0 Å². The van der Waals surface area contributed by atoms with Gasteiger partial charge in [0.1, 0.15) is 0 Å². The Morgan fingerprint density at radius 2 is 1.55 bits per heavy atom. The maximum atomic E-state index is 11.6. The van der Waals surface area contributed by atoms with Gasteiger partial charge in [0.25, 0.3) is 0 Å². The fraction of sp³-hybridized carbons (Fsp3) is 0.375. The number of benzene rings is 1. The van der Waals surface area contributed by atoms with Crippen molar-refractivity contribution < 1.29 is 19.8 Å². The molecule has 0 unspecified atom stereocenters. The summed E-state index contributed by atoms with van der Waals surface area (Å²) in [5, 5.41) is 18.8. The van der Waals surface area contributed by atoms with Crippen LogP contribution in [0.1, 0.15) is 25.0 Å². The summed E-state index contributed by atoms with van der Waals surface area (Å²) in [7, 11) is 0. The van der Waals surface area contributed by atoms with Crippen LogP contribution in [0.2, 0.25) is 0 Å². The molecule has 2 N–H and O–H groups in total. The summed E-state index contributed by atoms with van der Waals surface area (Å²) in [4.78, 5) is 23.0. The minimum atomic E-state index is -1.13. The Kier molecular flexibility index (Phi) is 3.93. The second-order valence-corrected chi connectivity index (χ2v) is 5.47. The van der Waals surface area contributed by atoms with E-state index in [0.717, 1.165) is 11.1 Å². The van der Waals surface area contributed by atoms with Gasteiger partial charge in [0, 0.05) is 0 Å². The number of carbonyl (C=O) groups is 2. The highest BCUT2D eigenvalue weighted by Crippen LogP contribution is 2.34. The summed E-state index contributed by atoms with van der Waals surface area (Å²) in [5.41, 5.74) is 2.31. The molecule has 0 spiro atoms. The molecule has 0 aromatic heterocycles. The maximum Gasteiger partial charge on any atom is 0.332 e. The van der Waals surface area contributed by atoms with Crippen LogP contribution in [0.4, 0.5) is 0 Å². The van der Waals surface area contributed by atoms with Crippen molar-refractivity contribution >= 4 is 11.9 Å². The predicted molar refractivity (Wildman–Crippen MR) is 74.5 cm³/mol. The molecule has 0 radical (unpaired) electrons. The molecule has 4 heteroatoms. The van der Waals surface area contributed by atoms with Gasteiger partial charge in [-0.1, -0.05) is 38.1 Å². The number of rotatable bonds is 4. The van der Waals surface area contributed by atoms with Gasteiger partial charge in [-0.2, -0.15) is 0 Å². The molecule has 1 aromatic rings. The van der Waals surface area contributed by atoms with Crippen molar-refractivity contribution in [2.45, 2.75) is 26.7 Å². The second-order valence-electron chi connectivity index (χ2n) is 5.47. The first-order chi connectivity index (χ1) is 9.41. The molecule has 2 rings (SSSR count). The standard InChI is InChI=1S/C16H18O4/c1-9(2)13(15(17)18)14(16(19)20)12-7-10-5-3-4-6-11(10)8-12/h3-6,9,12H,7-8H2,1-2H3,(H,17,18)(H,19,20)/b14-13-. The molecule has 0 heterocycles. The maximum absolute atomic E-state index is 11.6. The lowest BCUT2D eigenvalue weighted by atomic mass is 9.87. The molecule has 0 amide bonds. The van der Waals surface area contributed by atoms with Crippen LogP contribution in [0.5, 0.6) is 0 Å². The van der Waals surface area contributed by atoms with E-state index in [0.29, 0.717) is 12.8 Å². The van der Waals surface area contributed by atoms with Crippen molar-refractivity contribution in [3.8, 4) is 0 Å². The average Bonchev–Trinajstić information content (AvgIpc) is 2.77. The number of hydrogen-bond donors (Lipinski definition) is 2. The predicted octanol–water partition coefficient (Wildman–Crippen LogP) is 2.52. The lowest BCUT2D eigenvalue weighted by Gasteiger charge is -2.17. The van der Waals surface area contributed by atoms with Crippen molar-refractivity contribution in [1.29, 1.82) is 0 Å². The number of hydrogen-bond acceptors (Lipinski definition) is 2.